The van der Waals surface area contributed by atoms with Crippen LogP contribution in [0.2, 0.25) is 0 Å². The lowest BCUT2D eigenvalue weighted by Gasteiger charge is -2.11. The second kappa shape index (κ2) is 5.62. The van der Waals surface area contributed by atoms with Crippen molar-refractivity contribution in [3.63, 3.8) is 0 Å². The number of unbranched alkanes of at least 4 members (excludes halogenated alkanes) is 2. The van der Waals surface area contributed by atoms with E-state index in [1.54, 1.807) is 11.3 Å². The summed E-state index contributed by atoms with van der Waals surface area (Å²) in [5.74, 6) is 0.725. The number of rotatable bonds is 7. The van der Waals surface area contributed by atoms with E-state index in [0.29, 0.717) is 6.04 Å². The molecule has 0 saturated heterocycles. The first-order valence-corrected chi connectivity index (χ1v) is 7.21. The van der Waals surface area contributed by atoms with Gasteiger partial charge in [0.15, 0.2) is 0 Å². The number of aromatic nitrogens is 2. The summed E-state index contributed by atoms with van der Waals surface area (Å²) < 4.78 is 0. The van der Waals surface area contributed by atoms with Gasteiger partial charge in [-0.1, -0.05) is 37.5 Å². The van der Waals surface area contributed by atoms with Crippen LogP contribution in [-0.2, 0) is 0 Å². The Labute approximate surface area is 102 Å². The Morgan fingerprint density at radius 3 is 2.88 bits per heavy atom. The highest BCUT2D eigenvalue weighted by Gasteiger charge is 2.27. The largest absolute Gasteiger partial charge is 0.358 e. The molecule has 1 N–H and O–H groups in total. The van der Waals surface area contributed by atoms with Crippen LogP contribution in [0, 0.1) is 0 Å². The first kappa shape index (κ1) is 11.8. The van der Waals surface area contributed by atoms with Gasteiger partial charge in [-0.3, -0.25) is 0 Å². The van der Waals surface area contributed by atoms with Gasteiger partial charge >= 0.3 is 0 Å². The Bertz CT molecular complexity index is 320. The summed E-state index contributed by atoms with van der Waals surface area (Å²) in [5.41, 5.74) is 0. The van der Waals surface area contributed by atoms with Gasteiger partial charge < -0.3 is 5.32 Å². The van der Waals surface area contributed by atoms with Crippen LogP contribution >= 0.6 is 11.3 Å². The van der Waals surface area contributed by atoms with Crippen molar-refractivity contribution in [3.05, 3.63) is 5.01 Å². The normalized spacial score (nSPS) is 17.4. The Balaban J connectivity index is 1.74. The fourth-order valence-electron chi connectivity index (χ4n) is 1.77. The van der Waals surface area contributed by atoms with Crippen molar-refractivity contribution in [3.8, 4) is 0 Å². The number of nitrogens with one attached hydrogen (secondary N) is 1. The van der Waals surface area contributed by atoms with E-state index >= 15 is 0 Å². The summed E-state index contributed by atoms with van der Waals surface area (Å²) in [7, 11) is 0. The lowest BCUT2D eigenvalue weighted by Crippen LogP contribution is -2.14. The fraction of sp³-hybridized carbons (Fsp3) is 0.833. The highest BCUT2D eigenvalue weighted by molar-refractivity contribution is 7.15. The zero-order chi connectivity index (χ0) is 11.4. The Morgan fingerprint density at radius 2 is 2.19 bits per heavy atom. The van der Waals surface area contributed by atoms with Gasteiger partial charge in [0.1, 0.15) is 5.01 Å². The van der Waals surface area contributed by atoms with Crippen molar-refractivity contribution in [2.45, 2.75) is 64.3 Å². The predicted molar refractivity (Wildman–Crippen MR) is 69.1 cm³/mol. The molecule has 1 saturated carbocycles. The second-order valence-corrected chi connectivity index (χ2v) is 5.77. The molecule has 0 radical (unpaired) electrons. The first-order chi connectivity index (χ1) is 7.79. The lowest BCUT2D eigenvalue weighted by atomic mass is 10.1. The number of hydrogen-bond acceptors (Lipinski definition) is 4. The molecule has 0 spiro atoms. The summed E-state index contributed by atoms with van der Waals surface area (Å²) in [6.07, 6.45) is 7.76. The Kier molecular flexibility index (Phi) is 4.16. The van der Waals surface area contributed by atoms with Crippen LogP contribution in [-0.4, -0.2) is 16.2 Å². The summed E-state index contributed by atoms with van der Waals surface area (Å²) >= 11 is 1.74. The quantitative estimate of drug-likeness (QED) is 0.735. The molecule has 1 aliphatic rings. The molecule has 2 rings (SSSR count). The average molecular weight is 239 g/mol. The minimum atomic E-state index is 0.520. The van der Waals surface area contributed by atoms with E-state index in [2.05, 4.69) is 29.4 Å². The minimum absolute atomic E-state index is 0.520. The molecule has 3 nitrogen and oxygen atoms in total. The predicted octanol–water partition coefficient (Wildman–Crippen LogP) is 3.80. The van der Waals surface area contributed by atoms with Gasteiger partial charge in [0.25, 0.3) is 0 Å². The molecule has 90 valence electrons. The maximum Gasteiger partial charge on any atom is 0.205 e. The van der Waals surface area contributed by atoms with Crippen LogP contribution in [0.1, 0.15) is 63.3 Å². The monoisotopic (exact) mass is 239 g/mol. The number of hydrogen-bond donors (Lipinski definition) is 1. The summed E-state index contributed by atoms with van der Waals surface area (Å²) in [5, 5.41) is 14.1. The molecule has 1 atom stereocenters. The molecule has 1 heterocycles. The highest BCUT2D eigenvalue weighted by atomic mass is 32.1. The molecule has 0 bridgehead atoms. The molecule has 0 aromatic carbocycles. The molecule has 1 aromatic heterocycles. The average Bonchev–Trinajstić information content (AvgIpc) is 3.01. The maximum atomic E-state index is 4.23. The van der Waals surface area contributed by atoms with Crippen molar-refractivity contribution >= 4 is 16.5 Å². The van der Waals surface area contributed by atoms with Crippen LogP contribution in [0.15, 0.2) is 0 Å². The smallest absolute Gasteiger partial charge is 0.205 e. The van der Waals surface area contributed by atoms with Crippen LogP contribution in [0.4, 0.5) is 5.13 Å². The van der Waals surface area contributed by atoms with Crippen LogP contribution < -0.4 is 5.32 Å². The van der Waals surface area contributed by atoms with E-state index in [1.807, 2.05) is 0 Å². The molecule has 1 aliphatic carbocycles. The number of nitrogens with zero attached hydrogens (tertiary/aromatic N) is 2. The summed E-state index contributed by atoms with van der Waals surface area (Å²) in [4.78, 5) is 0. The molecule has 16 heavy (non-hydrogen) atoms. The van der Waals surface area contributed by atoms with E-state index in [0.717, 1.165) is 11.0 Å². The van der Waals surface area contributed by atoms with Crippen LogP contribution in [0.3, 0.4) is 0 Å². The molecular weight excluding hydrogens is 218 g/mol. The molecule has 4 heteroatoms. The first-order valence-electron chi connectivity index (χ1n) is 6.39. The topological polar surface area (TPSA) is 37.8 Å². The SMILES string of the molecule is CCCCCC(C)Nc1nnc(C2CC2)s1. The van der Waals surface area contributed by atoms with E-state index in [4.69, 9.17) is 0 Å². The Morgan fingerprint density at radius 1 is 1.38 bits per heavy atom. The third-order valence-electron chi connectivity index (χ3n) is 2.98. The van der Waals surface area contributed by atoms with Gasteiger partial charge in [0.05, 0.1) is 0 Å². The van der Waals surface area contributed by atoms with E-state index in [1.165, 1.54) is 43.5 Å². The zero-order valence-electron chi connectivity index (χ0n) is 10.2. The van der Waals surface area contributed by atoms with Gasteiger partial charge in [-0.05, 0) is 26.2 Å². The molecular formula is C12H21N3S. The van der Waals surface area contributed by atoms with Crippen molar-refractivity contribution < 1.29 is 0 Å². The summed E-state index contributed by atoms with van der Waals surface area (Å²) in [6.45, 7) is 4.47. The molecule has 1 unspecified atom stereocenters. The molecule has 0 aliphatic heterocycles. The van der Waals surface area contributed by atoms with Crippen molar-refractivity contribution in [1.29, 1.82) is 0 Å². The fourth-order valence-corrected chi connectivity index (χ4v) is 2.80. The van der Waals surface area contributed by atoms with E-state index in [-0.39, 0.29) is 0 Å². The molecule has 1 fully saturated rings. The van der Waals surface area contributed by atoms with Gasteiger partial charge in [0.2, 0.25) is 5.13 Å². The highest BCUT2D eigenvalue weighted by Crippen LogP contribution is 2.42. The third-order valence-corrected chi connectivity index (χ3v) is 3.99. The van der Waals surface area contributed by atoms with Crippen LogP contribution in [0.25, 0.3) is 0 Å². The molecule has 0 amide bonds. The van der Waals surface area contributed by atoms with Crippen molar-refractivity contribution in [1.82, 2.24) is 10.2 Å². The van der Waals surface area contributed by atoms with Crippen LogP contribution in [0.5, 0.6) is 0 Å². The van der Waals surface area contributed by atoms with Gasteiger partial charge in [-0.2, -0.15) is 0 Å². The maximum absolute atomic E-state index is 4.23. The zero-order valence-corrected chi connectivity index (χ0v) is 11.0. The van der Waals surface area contributed by atoms with Gasteiger partial charge in [-0.15, -0.1) is 10.2 Å². The van der Waals surface area contributed by atoms with Gasteiger partial charge in [-0.25, -0.2) is 0 Å². The van der Waals surface area contributed by atoms with Crippen molar-refractivity contribution in [2.75, 3.05) is 5.32 Å². The van der Waals surface area contributed by atoms with E-state index in [9.17, 15) is 0 Å². The summed E-state index contributed by atoms with van der Waals surface area (Å²) in [6, 6.07) is 0.520. The van der Waals surface area contributed by atoms with E-state index < -0.39 is 0 Å². The molecule has 1 aromatic rings. The van der Waals surface area contributed by atoms with Gasteiger partial charge in [0, 0.05) is 12.0 Å². The second-order valence-electron chi connectivity index (χ2n) is 4.76. The lowest BCUT2D eigenvalue weighted by molar-refractivity contribution is 0.614. The Hall–Kier alpha value is -0.640. The third kappa shape index (κ3) is 3.44. The standard InChI is InChI=1S/C12H21N3S/c1-3-4-5-6-9(2)13-12-15-14-11(16-12)10-7-8-10/h9-10H,3-8H2,1-2H3,(H,13,15). The number of anilines is 1. The minimum Gasteiger partial charge on any atom is -0.358 e. The van der Waals surface area contributed by atoms with Crippen molar-refractivity contribution in [2.24, 2.45) is 0 Å².